The molecule has 0 unspecified atom stereocenters. The van der Waals surface area contributed by atoms with Crippen LogP contribution in [0.1, 0.15) is 20.8 Å². The smallest absolute Gasteiger partial charge is 0.391 e. The van der Waals surface area contributed by atoms with Crippen LogP contribution in [0.25, 0.3) is 0 Å². The molecule has 1 rings (SSSR count). The highest BCUT2D eigenvalue weighted by molar-refractivity contribution is 6.29. The third-order valence-corrected chi connectivity index (χ3v) is 1.57. The summed E-state index contributed by atoms with van der Waals surface area (Å²) in [6, 6.07) is 4.83. The van der Waals surface area contributed by atoms with E-state index in [1.807, 2.05) is 20.8 Å². The number of ether oxygens (including phenoxy) is 1. The molecule has 0 fully saturated rings. The summed E-state index contributed by atoms with van der Waals surface area (Å²) in [5.74, 6) is 0.184. The van der Waals surface area contributed by atoms with Gasteiger partial charge >= 0.3 is 6.09 Å². The Morgan fingerprint density at radius 2 is 2.13 bits per heavy atom. The number of carbonyl (C=O) groups is 1. The van der Waals surface area contributed by atoms with Gasteiger partial charge in [0.05, 0.1) is 0 Å². The van der Waals surface area contributed by atoms with E-state index in [-0.39, 0.29) is 16.6 Å². The Morgan fingerprint density at radius 3 is 2.67 bits per heavy atom. The van der Waals surface area contributed by atoms with Gasteiger partial charge in [0.25, 0.3) is 0 Å². The van der Waals surface area contributed by atoms with Crippen molar-refractivity contribution in [1.82, 2.24) is 10.3 Å². The lowest BCUT2D eigenvalue weighted by Gasteiger charge is -2.19. The SMILES string of the molecule is CC(C)(C)NC(=O)Oc1cccc(Cl)n1. The Morgan fingerprint density at radius 1 is 1.47 bits per heavy atom. The van der Waals surface area contributed by atoms with Gasteiger partial charge in [-0.15, -0.1) is 0 Å². The number of hydrogen-bond donors (Lipinski definition) is 1. The van der Waals surface area contributed by atoms with Crippen molar-refractivity contribution in [2.45, 2.75) is 26.3 Å². The lowest BCUT2D eigenvalue weighted by molar-refractivity contribution is 0.189. The molecule has 1 N–H and O–H groups in total. The highest BCUT2D eigenvalue weighted by Gasteiger charge is 2.15. The van der Waals surface area contributed by atoms with Crippen molar-refractivity contribution in [3.05, 3.63) is 23.4 Å². The van der Waals surface area contributed by atoms with Crippen LogP contribution in [-0.2, 0) is 0 Å². The fraction of sp³-hybridized carbons (Fsp3) is 0.400. The van der Waals surface area contributed by atoms with E-state index < -0.39 is 6.09 Å². The number of nitrogens with zero attached hydrogens (tertiary/aromatic N) is 1. The molecular formula is C10H13ClN2O2. The van der Waals surface area contributed by atoms with Crippen molar-refractivity contribution in [2.24, 2.45) is 0 Å². The van der Waals surface area contributed by atoms with Crippen LogP contribution in [-0.4, -0.2) is 16.6 Å². The van der Waals surface area contributed by atoms with Gasteiger partial charge < -0.3 is 10.1 Å². The van der Waals surface area contributed by atoms with Crippen molar-refractivity contribution in [3.8, 4) is 5.88 Å². The zero-order valence-electron chi connectivity index (χ0n) is 8.87. The van der Waals surface area contributed by atoms with Crippen LogP contribution in [0.4, 0.5) is 4.79 Å². The van der Waals surface area contributed by atoms with Crippen molar-refractivity contribution in [3.63, 3.8) is 0 Å². The third-order valence-electron chi connectivity index (χ3n) is 1.36. The number of pyridine rings is 1. The van der Waals surface area contributed by atoms with E-state index >= 15 is 0 Å². The van der Waals surface area contributed by atoms with E-state index in [4.69, 9.17) is 16.3 Å². The minimum absolute atomic E-state index is 0.184. The average Bonchev–Trinajstić information content (AvgIpc) is 1.99. The van der Waals surface area contributed by atoms with E-state index in [0.717, 1.165) is 0 Å². The van der Waals surface area contributed by atoms with E-state index in [9.17, 15) is 4.79 Å². The van der Waals surface area contributed by atoms with Crippen LogP contribution >= 0.6 is 11.6 Å². The third kappa shape index (κ3) is 4.65. The molecule has 0 saturated carbocycles. The Labute approximate surface area is 93.6 Å². The monoisotopic (exact) mass is 228 g/mol. The maximum Gasteiger partial charge on any atom is 0.414 e. The molecule has 0 bridgehead atoms. The molecule has 0 aliphatic carbocycles. The van der Waals surface area contributed by atoms with Crippen molar-refractivity contribution in [1.29, 1.82) is 0 Å². The van der Waals surface area contributed by atoms with Gasteiger partial charge in [-0.25, -0.2) is 9.78 Å². The van der Waals surface area contributed by atoms with E-state index in [1.54, 1.807) is 18.2 Å². The van der Waals surface area contributed by atoms with E-state index in [0.29, 0.717) is 0 Å². The summed E-state index contributed by atoms with van der Waals surface area (Å²) in [4.78, 5) is 15.1. The van der Waals surface area contributed by atoms with Crippen molar-refractivity contribution >= 4 is 17.7 Å². The van der Waals surface area contributed by atoms with Crippen LogP contribution in [0.2, 0.25) is 5.15 Å². The van der Waals surface area contributed by atoms with Crippen molar-refractivity contribution < 1.29 is 9.53 Å². The predicted octanol–water partition coefficient (Wildman–Crippen LogP) is 2.62. The molecule has 82 valence electrons. The van der Waals surface area contributed by atoms with Crippen LogP contribution in [0.15, 0.2) is 18.2 Å². The number of carbonyl (C=O) groups excluding carboxylic acids is 1. The molecule has 5 heteroatoms. The van der Waals surface area contributed by atoms with Gasteiger partial charge in [-0.3, -0.25) is 0 Å². The van der Waals surface area contributed by atoms with Crippen LogP contribution in [0.5, 0.6) is 5.88 Å². The van der Waals surface area contributed by atoms with Gasteiger partial charge in [0.1, 0.15) is 5.15 Å². The number of rotatable bonds is 1. The zero-order chi connectivity index (χ0) is 11.5. The van der Waals surface area contributed by atoms with Crippen LogP contribution < -0.4 is 10.1 Å². The summed E-state index contributed by atoms with van der Waals surface area (Å²) in [7, 11) is 0. The Balaban J connectivity index is 2.59. The number of halogens is 1. The maximum absolute atomic E-state index is 11.3. The molecule has 0 aromatic carbocycles. The van der Waals surface area contributed by atoms with Gasteiger partial charge in [0, 0.05) is 11.6 Å². The molecule has 0 saturated heterocycles. The first kappa shape index (κ1) is 11.8. The molecule has 1 aromatic rings. The largest absolute Gasteiger partial charge is 0.414 e. The standard InChI is InChI=1S/C10H13ClN2O2/c1-10(2,3)13-9(14)15-8-6-4-5-7(11)12-8/h4-6H,1-3H3,(H,13,14). The molecule has 0 atom stereocenters. The highest BCUT2D eigenvalue weighted by atomic mass is 35.5. The molecule has 1 heterocycles. The predicted molar refractivity (Wildman–Crippen MR) is 58.2 cm³/mol. The van der Waals surface area contributed by atoms with Crippen LogP contribution in [0, 0.1) is 0 Å². The van der Waals surface area contributed by atoms with Gasteiger partial charge in [-0.2, -0.15) is 0 Å². The zero-order valence-corrected chi connectivity index (χ0v) is 9.63. The first-order chi connectivity index (χ1) is 6.87. The molecule has 0 aliphatic heterocycles. The lowest BCUT2D eigenvalue weighted by atomic mass is 10.1. The summed E-state index contributed by atoms with van der Waals surface area (Å²) in [6.07, 6.45) is -0.544. The topological polar surface area (TPSA) is 51.2 Å². The first-order valence-corrected chi connectivity index (χ1v) is 4.87. The van der Waals surface area contributed by atoms with Crippen LogP contribution in [0.3, 0.4) is 0 Å². The van der Waals surface area contributed by atoms with Gasteiger partial charge in [-0.1, -0.05) is 17.7 Å². The molecule has 1 amide bonds. The fourth-order valence-electron chi connectivity index (χ4n) is 0.873. The lowest BCUT2D eigenvalue weighted by Crippen LogP contribution is -2.42. The quantitative estimate of drug-likeness (QED) is 0.752. The summed E-state index contributed by atoms with van der Waals surface area (Å²) < 4.78 is 4.93. The average molecular weight is 229 g/mol. The maximum atomic E-state index is 11.3. The van der Waals surface area contributed by atoms with Gasteiger partial charge in [0.2, 0.25) is 5.88 Å². The summed E-state index contributed by atoms with van der Waals surface area (Å²) in [5.41, 5.74) is -0.338. The van der Waals surface area contributed by atoms with Crippen molar-refractivity contribution in [2.75, 3.05) is 0 Å². The first-order valence-electron chi connectivity index (χ1n) is 4.49. The Bertz CT molecular complexity index is 361. The molecular weight excluding hydrogens is 216 g/mol. The molecule has 0 aliphatic rings. The molecule has 15 heavy (non-hydrogen) atoms. The Kier molecular flexibility index (Phi) is 3.52. The summed E-state index contributed by atoms with van der Waals surface area (Å²) in [6.45, 7) is 5.58. The molecule has 0 radical (unpaired) electrons. The normalized spacial score (nSPS) is 10.9. The summed E-state index contributed by atoms with van der Waals surface area (Å²) >= 11 is 5.64. The number of amides is 1. The second-order valence-corrected chi connectivity index (χ2v) is 4.45. The minimum atomic E-state index is -0.544. The number of nitrogens with one attached hydrogen (secondary N) is 1. The molecule has 4 nitrogen and oxygen atoms in total. The van der Waals surface area contributed by atoms with Gasteiger partial charge in [0.15, 0.2) is 0 Å². The van der Waals surface area contributed by atoms with E-state index in [2.05, 4.69) is 10.3 Å². The molecule has 1 aromatic heterocycles. The fourth-order valence-corrected chi connectivity index (χ4v) is 1.03. The number of hydrogen-bond acceptors (Lipinski definition) is 3. The summed E-state index contributed by atoms with van der Waals surface area (Å²) in [5, 5.41) is 2.93. The highest BCUT2D eigenvalue weighted by Crippen LogP contribution is 2.11. The molecule has 0 spiro atoms. The van der Waals surface area contributed by atoms with E-state index in [1.165, 1.54) is 0 Å². The minimum Gasteiger partial charge on any atom is -0.391 e. The second kappa shape index (κ2) is 4.49. The van der Waals surface area contributed by atoms with Gasteiger partial charge in [-0.05, 0) is 26.8 Å². The number of aromatic nitrogens is 1. The second-order valence-electron chi connectivity index (χ2n) is 4.06. The Hall–Kier alpha value is -1.29.